The molecule has 46 heavy (non-hydrogen) atoms. The lowest BCUT2D eigenvalue weighted by molar-refractivity contribution is 0.854. The van der Waals surface area contributed by atoms with Gasteiger partial charge in [-0.05, 0) is 133 Å². The van der Waals surface area contributed by atoms with Crippen LogP contribution in [-0.4, -0.2) is 0 Å². The zero-order chi connectivity index (χ0) is 32.4. The van der Waals surface area contributed by atoms with Crippen molar-refractivity contribution >= 4 is 43.5 Å². The Hall–Kier alpha value is -4.94. The van der Waals surface area contributed by atoms with Gasteiger partial charge >= 0.3 is 0 Å². The lowest BCUT2D eigenvalue weighted by atomic mass is 9.84. The van der Waals surface area contributed by atoms with Gasteiger partial charge < -0.3 is 0 Å². The number of hydrogen-bond donors (Lipinski definition) is 0. The van der Waals surface area contributed by atoms with Crippen molar-refractivity contribution in [3.05, 3.63) is 156 Å². The Bertz CT molecular complexity index is 2220. The fraction of sp³-hybridized carbons (Fsp3) is 0.174. The first-order valence-electron chi connectivity index (χ1n) is 16.7. The molecule has 7 aromatic rings. The van der Waals surface area contributed by atoms with Crippen molar-refractivity contribution in [1.82, 2.24) is 0 Å². The Kier molecular flexibility index (Phi) is 8.91. The molecule has 0 fully saturated rings. The maximum atomic E-state index is 2.35. The molecule has 0 N–H and O–H groups in total. The molecule has 0 spiro atoms. The van der Waals surface area contributed by atoms with Gasteiger partial charge in [0.1, 0.15) is 0 Å². The summed E-state index contributed by atoms with van der Waals surface area (Å²) in [5.74, 6) is 0.427. The van der Waals surface area contributed by atoms with Crippen LogP contribution in [0.4, 0.5) is 0 Å². The topological polar surface area (TPSA) is 0 Å². The van der Waals surface area contributed by atoms with E-state index in [1.165, 1.54) is 88.0 Å². The Balaban J connectivity index is 0.00000182. The fourth-order valence-electron chi connectivity index (χ4n) is 7.11. The van der Waals surface area contributed by atoms with Gasteiger partial charge in [0, 0.05) is 0 Å². The van der Waals surface area contributed by atoms with E-state index < -0.39 is 0 Å². The molecule has 0 aromatic heterocycles. The second-order valence-corrected chi connectivity index (χ2v) is 12.5. The van der Waals surface area contributed by atoms with Crippen molar-refractivity contribution < 1.29 is 0 Å². The highest BCUT2D eigenvalue weighted by Gasteiger charge is 2.16. The van der Waals surface area contributed by atoms with Gasteiger partial charge in [-0.2, -0.15) is 0 Å². The van der Waals surface area contributed by atoms with Gasteiger partial charge in [-0.25, -0.2) is 0 Å². The SMILES string of the molecule is C/C(=C(\c1ccccc1C)C(C)C)c1cccc(-c2ccc3cc(-c4ccc5c(ccc6ccccc65)c4)ccc3c2)c1C.CC. The summed E-state index contributed by atoms with van der Waals surface area (Å²) in [4.78, 5) is 0. The van der Waals surface area contributed by atoms with Crippen LogP contribution in [0.15, 0.2) is 133 Å². The predicted molar refractivity (Wildman–Crippen MR) is 204 cm³/mol. The van der Waals surface area contributed by atoms with Crippen molar-refractivity contribution in [2.45, 2.75) is 48.5 Å². The molecule has 0 bridgehead atoms. The molecular formula is C46H44. The summed E-state index contributed by atoms with van der Waals surface area (Å²) in [6.45, 7) is 15.4. The minimum absolute atomic E-state index is 0.427. The molecular weight excluding hydrogens is 553 g/mol. The number of aryl methyl sites for hydroxylation is 1. The molecule has 0 nitrogen and oxygen atoms in total. The highest BCUT2D eigenvalue weighted by atomic mass is 14.2. The molecule has 0 radical (unpaired) electrons. The number of benzene rings is 7. The average molecular weight is 597 g/mol. The highest BCUT2D eigenvalue weighted by molar-refractivity contribution is 6.08. The number of rotatable bonds is 5. The van der Waals surface area contributed by atoms with Crippen LogP contribution in [0.1, 0.15) is 56.9 Å². The number of hydrogen-bond acceptors (Lipinski definition) is 0. The van der Waals surface area contributed by atoms with Gasteiger partial charge in [0.15, 0.2) is 0 Å². The van der Waals surface area contributed by atoms with E-state index in [0.29, 0.717) is 5.92 Å². The molecule has 0 saturated heterocycles. The van der Waals surface area contributed by atoms with E-state index in [4.69, 9.17) is 0 Å². The van der Waals surface area contributed by atoms with E-state index in [1.54, 1.807) is 0 Å². The third-order valence-electron chi connectivity index (χ3n) is 9.38. The second-order valence-electron chi connectivity index (χ2n) is 12.5. The number of allylic oxidation sites excluding steroid dienone is 2. The lowest BCUT2D eigenvalue weighted by Gasteiger charge is -2.21. The second kappa shape index (κ2) is 13.2. The summed E-state index contributed by atoms with van der Waals surface area (Å²) in [5.41, 5.74) is 13.2. The maximum Gasteiger partial charge on any atom is -0.0105 e. The minimum Gasteiger partial charge on any atom is -0.0683 e. The van der Waals surface area contributed by atoms with Crippen molar-refractivity contribution in [1.29, 1.82) is 0 Å². The molecule has 0 aliphatic rings. The first-order valence-corrected chi connectivity index (χ1v) is 16.7. The average Bonchev–Trinajstić information content (AvgIpc) is 3.09. The van der Waals surface area contributed by atoms with Crippen molar-refractivity contribution in [3.8, 4) is 22.3 Å². The quantitative estimate of drug-likeness (QED) is 0.137. The Morgan fingerprint density at radius 3 is 1.76 bits per heavy atom. The molecule has 0 atom stereocenters. The van der Waals surface area contributed by atoms with Gasteiger partial charge in [0.25, 0.3) is 0 Å². The summed E-state index contributed by atoms with van der Waals surface area (Å²) >= 11 is 0. The number of fused-ring (bicyclic) bond motifs is 4. The molecule has 0 heterocycles. The summed E-state index contributed by atoms with van der Waals surface area (Å²) in [7, 11) is 0. The summed E-state index contributed by atoms with van der Waals surface area (Å²) in [6.07, 6.45) is 0. The molecule has 0 aliphatic heterocycles. The van der Waals surface area contributed by atoms with Crippen LogP contribution in [0.25, 0.3) is 65.7 Å². The minimum atomic E-state index is 0.427. The van der Waals surface area contributed by atoms with E-state index in [0.717, 1.165) is 0 Å². The van der Waals surface area contributed by atoms with E-state index in [-0.39, 0.29) is 0 Å². The van der Waals surface area contributed by atoms with E-state index >= 15 is 0 Å². The molecule has 7 rings (SSSR count). The maximum absolute atomic E-state index is 2.35. The van der Waals surface area contributed by atoms with Gasteiger partial charge in [-0.3, -0.25) is 0 Å². The van der Waals surface area contributed by atoms with Crippen LogP contribution >= 0.6 is 0 Å². The summed E-state index contributed by atoms with van der Waals surface area (Å²) in [6, 6.07) is 49.3. The molecule has 228 valence electrons. The van der Waals surface area contributed by atoms with Crippen LogP contribution in [0.2, 0.25) is 0 Å². The van der Waals surface area contributed by atoms with Crippen LogP contribution in [0.3, 0.4) is 0 Å². The van der Waals surface area contributed by atoms with Gasteiger partial charge in [-0.15, -0.1) is 0 Å². The van der Waals surface area contributed by atoms with Crippen molar-refractivity contribution in [2.24, 2.45) is 5.92 Å². The largest absolute Gasteiger partial charge is 0.0683 e. The summed E-state index contributed by atoms with van der Waals surface area (Å²) in [5, 5.41) is 7.70. The molecule has 0 saturated carbocycles. The van der Waals surface area contributed by atoms with Gasteiger partial charge in [-0.1, -0.05) is 143 Å². The normalized spacial score (nSPS) is 11.9. The zero-order valence-corrected chi connectivity index (χ0v) is 28.3. The van der Waals surface area contributed by atoms with Crippen LogP contribution in [0, 0.1) is 19.8 Å². The third kappa shape index (κ3) is 5.77. The standard InChI is InChI=1S/C44H38.C2H6/c1-28(2)44(39-13-8-6-11-29(39)3)31(5)40-15-10-16-41(30(40)4)37-22-20-34-25-33(18-19-35(34)26-37)36-23-24-43-38(27-36)21-17-32-12-7-9-14-42(32)43;1-2/h6-28H,1-5H3;1-2H3/b44-31+;. The zero-order valence-electron chi connectivity index (χ0n) is 28.3. The smallest absolute Gasteiger partial charge is 0.0105 e. The van der Waals surface area contributed by atoms with Crippen LogP contribution < -0.4 is 0 Å². The van der Waals surface area contributed by atoms with Gasteiger partial charge in [0.05, 0.1) is 0 Å². The third-order valence-corrected chi connectivity index (χ3v) is 9.38. The fourth-order valence-corrected chi connectivity index (χ4v) is 7.11. The van der Waals surface area contributed by atoms with Crippen molar-refractivity contribution in [3.63, 3.8) is 0 Å². The van der Waals surface area contributed by atoms with E-state index in [2.05, 4.69) is 168 Å². The van der Waals surface area contributed by atoms with E-state index in [9.17, 15) is 0 Å². The molecule has 0 unspecified atom stereocenters. The highest BCUT2D eigenvalue weighted by Crippen LogP contribution is 2.38. The predicted octanol–water partition coefficient (Wildman–Crippen LogP) is 13.7. The Labute approximate surface area is 275 Å². The Morgan fingerprint density at radius 2 is 1.02 bits per heavy atom. The monoisotopic (exact) mass is 596 g/mol. The molecule has 7 aromatic carbocycles. The first kappa shape index (κ1) is 31.1. The Morgan fingerprint density at radius 1 is 0.478 bits per heavy atom. The van der Waals surface area contributed by atoms with E-state index in [1.807, 2.05) is 13.8 Å². The molecule has 0 amide bonds. The molecule has 0 heteroatoms. The first-order chi connectivity index (χ1) is 22.4. The van der Waals surface area contributed by atoms with Crippen molar-refractivity contribution in [2.75, 3.05) is 0 Å². The van der Waals surface area contributed by atoms with Gasteiger partial charge in [0.2, 0.25) is 0 Å². The summed E-state index contributed by atoms with van der Waals surface area (Å²) < 4.78 is 0. The van der Waals surface area contributed by atoms with Crippen LogP contribution in [-0.2, 0) is 0 Å². The molecule has 0 aliphatic carbocycles. The van der Waals surface area contributed by atoms with Crippen LogP contribution in [0.5, 0.6) is 0 Å². The lowest BCUT2D eigenvalue weighted by Crippen LogP contribution is -2.01.